The molecule has 0 aliphatic rings. The summed E-state index contributed by atoms with van der Waals surface area (Å²) in [5.74, 6) is 0. The molecule has 3 unspecified atom stereocenters. The van der Waals surface area contributed by atoms with Crippen LogP contribution in [0.15, 0.2) is 0 Å². The first-order valence-corrected chi connectivity index (χ1v) is 11.9. The van der Waals surface area contributed by atoms with Gasteiger partial charge in [0, 0.05) is 27.4 Å². The van der Waals surface area contributed by atoms with Crippen LogP contribution in [-0.4, -0.2) is 95.2 Å². The third-order valence-corrected chi connectivity index (χ3v) is 6.85. The van der Waals surface area contributed by atoms with Gasteiger partial charge in [-0.15, -0.1) is 0 Å². The summed E-state index contributed by atoms with van der Waals surface area (Å²) in [5.41, 5.74) is 5.71. The van der Waals surface area contributed by atoms with Crippen molar-refractivity contribution in [1.29, 1.82) is 0 Å². The molecule has 0 amide bonds. The van der Waals surface area contributed by atoms with Crippen LogP contribution in [0.5, 0.6) is 0 Å². The van der Waals surface area contributed by atoms with Crippen molar-refractivity contribution in [2.24, 2.45) is 5.73 Å². The minimum absolute atomic E-state index is 0.312. The summed E-state index contributed by atoms with van der Waals surface area (Å²) >= 11 is 0. The van der Waals surface area contributed by atoms with Crippen LogP contribution in [0.25, 0.3) is 0 Å². The molecule has 0 aliphatic carbocycles. The highest BCUT2D eigenvalue weighted by atomic mass is 28.4. The van der Waals surface area contributed by atoms with Gasteiger partial charge in [0.05, 0.1) is 39.6 Å². The quantitative estimate of drug-likeness (QED) is 0.159. The van der Waals surface area contributed by atoms with E-state index in [0.717, 1.165) is 0 Å². The van der Waals surface area contributed by atoms with Gasteiger partial charge in [0.15, 0.2) is 18.9 Å². The van der Waals surface area contributed by atoms with Crippen LogP contribution in [0.2, 0.25) is 6.04 Å². The van der Waals surface area contributed by atoms with E-state index in [1.54, 1.807) is 21.3 Å². The highest BCUT2D eigenvalue weighted by Crippen LogP contribution is 2.18. The van der Waals surface area contributed by atoms with Crippen molar-refractivity contribution in [2.75, 3.05) is 67.5 Å². The van der Waals surface area contributed by atoms with Gasteiger partial charge in [-0.2, -0.15) is 0 Å². The van der Waals surface area contributed by atoms with E-state index in [2.05, 4.69) is 0 Å². The molecule has 0 fully saturated rings. The molecule has 0 spiro atoms. The van der Waals surface area contributed by atoms with Crippen molar-refractivity contribution in [2.45, 2.75) is 52.1 Å². The van der Waals surface area contributed by atoms with Gasteiger partial charge in [-0.25, -0.2) is 0 Å². The monoisotopic (exact) mass is 443 g/mol. The molecule has 0 aromatic carbocycles. The van der Waals surface area contributed by atoms with Crippen LogP contribution in [0, 0.1) is 0 Å². The summed E-state index contributed by atoms with van der Waals surface area (Å²) in [5, 5.41) is 0. The lowest BCUT2D eigenvalue weighted by Crippen LogP contribution is -2.48. The molecule has 0 aromatic heterocycles. The lowest BCUT2D eigenvalue weighted by molar-refractivity contribution is -0.129. The topological polar surface area (TPSA) is 109 Å². The van der Waals surface area contributed by atoms with Crippen LogP contribution < -0.4 is 5.73 Å². The molecular weight excluding hydrogens is 402 g/mol. The largest absolute Gasteiger partial charge is 0.501 e. The van der Waals surface area contributed by atoms with Crippen LogP contribution in [-0.2, 0) is 41.7 Å². The maximum Gasteiger partial charge on any atom is 0.501 e. The second-order valence-electron chi connectivity index (χ2n) is 6.14. The molecule has 0 radical (unpaired) electrons. The number of rotatable bonds is 21. The predicted octanol–water partition coefficient (Wildman–Crippen LogP) is 1.35. The van der Waals surface area contributed by atoms with E-state index in [9.17, 15) is 0 Å². The minimum atomic E-state index is -3.01. The molecule has 0 heterocycles. The summed E-state index contributed by atoms with van der Waals surface area (Å²) in [4.78, 5) is 0. The Labute approximate surface area is 176 Å². The van der Waals surface area contributed by atoms with Crippen molar-refractivity contribution >= 4 is 8.80 Å². The Morgan fingerprint density at radius 1 is 0.621 bits per heavy atom. The molecule has 0 saturated carbocycles. The lowest BCUT2D eigenvalue weighted by Gasteiger charge is -2.30. The second kappa shape index (κ2) is 18.6. The fourth-order valence-corrected chi connectivity index (χ4v) is 4.60. The minimum Gasteiger partial charge on any atom is -0.371 e. The standard InChI is InChI=1S/C18H41NO9Si/c1-16(20-4)23-9-12-26-29(15-7-8-19,27-13-10-24-17(2)21-5)28-14-11-25-18(3)22-6/h16-18H,7-15,19H2,1-6H3. The van der Waals surface area contributed by atoms with Gasteiger partial charge in [0.2, 0.25) is 0 Å². The van der Waals surface area contributed by atoms with Gasteiger partial charge in [-0.3, -0.25) is 0 Å². The molecule has 0 aliphatic heterocycles. The smallest absolute Gasteiger partial charge is 0.371 e. The van der Waals surface area contributed by atoms with E-state index in [1.165, 1.54) is 0 Å². The van der Waals surface area contributed by atoms with Crippen LogP contribution in [0.4, 0.5) is 0 Å². The van der Waals surface area contributed by atoms with Crippen molar-refractivity contribution in [3.05, 3.63) is 0 Å². The molecular formula is C18H41NO9Si. The van der Waals surface area contributed by atoms with E-state index in [-0.39, 0.29) is 18.9 Å². The summed E-state index contributed by atoms with van der Waals surface area (Å²) < 4.78 is 49.9. The zero-order valence-electron chi connectivity index (χ0n) is 18.8. The van der Waals surface area contributed by atoms with E-state index in [1.807, 2.05) is 20.8 Å². The highest BCUT2D eigenvalue weighted by molar-refractivity contribution is 6.60. The Hall–Kier alpha value is -0.183. The first kappa shape index (κ1) is 28.8. The van der Waals surface area contributed by atoms with Crippen molar-refractivity contribution in [3.8, 4) is 0 Å². The zero-order chi connectivity index (χ0) is 22.0. The molecule has 0 bridgehead atoms. The molecule has 11 heteroatoms. The molecule has 10 nitrogen and oxygen atoms in total. The van der Waals surface area contributed by atoms with Gasteiger partial charge in [0.1, 0.15) is 0 Å². The summed E-state index contributed by atoms with van der Waals surface area (Å²) in [6.45, 7) is 7.96. The average Bonchev–Trinajstić information content (AvgIpc) is 2.74. The Morgan fingerprint density at radius 3 is 1.24 bits per heavy atom. The number of methoxy groups -OCH3 is 3. The van der Waals surface area contributed by atoms with E-state index >= 15 is 0 Å². The molecule has 176 valence electrons. The fourth-order valence-electron chi connectivity index (χ4n) is 2.10. The SMILES string of the molecule is COC(C)OCCO[Si](CCCN)(OCCOC(C)OC)OCCOC(C)OC. The molecule has 3 atom stereocenters. The number of hydrogen-bond donors (Lipinski definition) is 1. The maximum absolute atomic E-state index is 6.08. The molecule has 0 saturated heterocycles. The normalized spacial score (nSPS) is 17.1. The lowest BCUT2D eigenvalue weighted by atomic mass is 10.5. The fraction of sp³-hybridized carbons (Fsp3) is 1.00. The molecule has 2 N–H and O–H groups in total. The van der Waals surface area contributed by atoms with E-state index in [0.29, 0.717) is 58.7 Å². The maximum atomic E-state index is 6.08. The number of ether oxygens (including phenoxy) is 6. The third-order valence-electron chi connectivity index (χ3n) is 3.96. The van der Waals surface area contributed by atoms with Gasteiger partial charge in [0.25, 0.3) is 0 Å². The van der Waals surface area contributed by atoms with Crippen LogP contribution in [0.1, 0.15) is 27.2 Å². The Balaban J connectivity index is 4.76. The highest BCUT2D eigenvalue weighted by Gasteiger charge is 2.40. The third kappa shape index (κ3) is 15.3. The first-order chi connectivity index (χ1) is 13.9. The number of nitrogens with two attached hydrogens (primary N) is 1. The first-order valence-electron chi connectivity index (χ1n) is 9.98. The summed E-state index contributed by atoms with van der Waals surface area (Å²) in [7, 11) is 1.74. The Morgan fingerprint density at radius 2 is 0.966 bits per heavy atom. The summed E-state index contributed by atoms with van der Waals surface area (Å²) in [6, 6.07) is 0.586. The molecule has 29 heavy (non-hydrogen) atoms. The average molecular weight is 444 g/mol. The zero-order valence-corrected chi connectivity index (χ0v) is 19.8. The molecule has 0 rings (SSSR count). The second-order valence-corrected chi connectivity index (χ2v) is 8.88. The predicted molar refractivity (Wildman–Crippen MR) is 109 cm³/mol. The van der Waals surface area contributed by atoms with Crippen LogP contribution in [0.3, 0.4) is 0 Å². The van der Waals surface area contributed by atoms with Gasteiger partial charge in [-0.05, 0) is 33.7 Å². The van der Waals surface area contributed by atoms with Crippen molar-refractivity contribution < 1.29 is 41.7 Å². The van der Waals surface area contributed by atoms with E-state index < -0.39 is 8.80 Å². The van der Waals surface area contributed by atoms with Crippen LogP contribution >= 0.6 is 0 Å². The summed E-state index contributed by atoms with van der Waals surface area (Å²) in [6.07, 6.45) is -0.220. The Bertz CT molecular complexity index is 323. The number of hydrogen-bond acceptors (Lipinski definition) is 10. The van der Waals surface area contributed by atoms with E-state index in [4.69, 9.17) is 47.4 Å². The van der Waals surface area contributed by atoms with Gasteiger partial charge in [-0.1, -0.05) is 0 Å². The van der Waals surface area contributed by atoms with Crippen molar-refractivity contribution in [1.82, 2.24) is 0 Å². The van der Waals surface area contributed by atoms with Crippen molar-refractivity contribution in [3.63, 3.8) is 0 Å². The van der Waals surface area contributed by atoms with Gasteiger partial charge < -0.3 is 47.4 Å². The molecule has 0 aromatic rings. The van der Waals surface area contributed by atoms with Gasteiger partial charge >= 0.3 is 8.80 Å². The Kier molecular flexibility index (Phi) is 18.5.